The van der Waals surface area contributed by atoms with Crippen LogP contribution in [0.15, 0.2) is 24.3 Å². The highest BCUT2D eigenvalue weighted by Gasteiger charge is 2.48. The van der Waals surface area contributed by atoms with Crippen LogP contribution in [-0.2, 0) is 17.8 Å². The van der Waals surface area contributed by atoms with Crippen molar-refractivity contribution in [2.45, 2.75) is 64.1 Å². The van der Waals surface area contributed by atoms with Crippen LogP contribution in [-0.4, -0.2) is 22.4 Å². The fourth-order valence-electron chi connectivity index (χ4n) is 3.00. The van der Waals surface area contributed by atoms with Crippen LogP contribution in [0.5, 0.6) is 0 Å². The van der Waals surface area contributed by atoms with E-state index in [9.17, 15) is 4.79 Å². The van der Waals surface area contributed by atoms with Crippen molar-refractivity contribution in [3.63, 3.8) is 0 Å². The van der Waals surface area contributed by atoms with Crippen LogP contribution < -0.4 is 5.73 Å². The van der Waals surface area contributed by atoms with Gasteiger partial charge in [0, 0.05) is 12.6 Å². The predicted octanol–water partition coefficient (Wildman–Crippen LogP) is 2.87. The monoisotopic (exact) mass is 286 g/mol. The van der Waals surface area contributed by atoms with E-state index in [-0.39, 0.29) is 5.91 Å². The first kappa shape index (κ1) is 14.6. The van der Waals surface area contributed by atoms with E-state index < -0.39 is 5.54 Å². The van der Waals surface area contributed by atoms with Gasteiger partial charge in [0.15, 0.2) is 0 Å². The maximum absolute atomic E-state index is 12.9. The zero-order valence-electron chi connectivity index (χ0n) is 13.1. The van der Waals surface area contributed by atoms with Crippen molar-refractivity contribution in [1.82, 2.24) is 4.90 Å². The van der Waals surface area contributed by atoms with Crippen molar-refractivity contribution in [2.75, 3.05) is 0 Å². The summed E-state index contributed by atoms with van der Waals surface area (Å²) in [4.78, 5) is 14.9. The van der Waals surface area contributed by atoms with Crippen molar-refractivity contribution in [1.29, 1.82) is 0 Å². The molecule has 0 bridgehead atoms. The summed E-state index contributed by atoms with van der Waals surface area (Å²) in [5.74, 6) is 0.529. The zero-order chi connectivity index (χ0) is 15.0. The Balaban J connectivity index is 1.73. The Morgan fingerprint density at radius 3 is 2.24 bits per heavy atom. The first-order valence-corrected chi connectivity index (χ1v) is 8.20. The largest absolute Gasteiger partial charge is 0.334 e. The number of hydrogen-bond donors (Lipinski definition) is 1. The number of amides is 1. The van der Waals surface area contributed by atoms with Gasteiger partial charge in [-0.1, -0.05) is 31.2 Å². The van der Waals surface area contributed by atoms with Gasteiger partial charge in [-0.2, -0.15) is 0 Å². The molecule has 3 rings (SSSR count). The molecular formula is C18H26N2O. The Kier molecular flexibility index (Phi) is 3.78. The lowest BCUT2D eigenvalue weighted by atomic mass is 9.95. The van der Waals surface area contributed by atoms with Crippen LogP contribution in [0, 0.1) is 5.92 Å². The maximum atomic E-state index is 12.9. The van der Waals surface area contributed by atoms with Gasteiger partial charge in [0.25, 0.3) is 0 Å². The number of aryl methyl sites for hydroxylation is 1. The smallest absolute Gasteiger partial charge is 0.243 e. The Morgan fingerprint density at radius 1 is 1.19 bits per heavy atom. The zero-order valence-corrected chi connectivity index (χ0v) is 13.1. The minimum absolute atomic E-state index is 0.145. The number of carbonyl (C=O) groups is 1. The summed E-state index contributed by atoms with van der Waals surface area (Å²) in [6.07, 6.45) is 5.50. The summed E-state index contributed by atoms with van der Waals surface area (Å²) < 4.78 is 0. The number of benzene rings is 1. The average molecular weight is 286 g/mol. The van der Waals surface area contributed by atoms with Crippen molar-refractivity contribution in [3.8, 4) is 0 Å². The van der Waals surface area contributed by atoms with Crippen molar-refractivity contribution >= 4 is 5.91 Å². The highest BCUT2D eigenvalue weighted by atomic mass is 16.2. The molecule has 114 valence electrons. The summed E-state index contributed by atoms with van der Waals surface area (Å²) in [6, 6.07) is 9.02. The lowest BCUT2D eigenvalue weighted by molar-refractivity contribution is -0.138. The second kappa shape index (κ2) is 5.45. The van der Waals surface area contributed by atoms with Crippen LogP contribution in [0.25, 0.3) is 0 Å². The van der Waals surface area contributed by atoms with Gasteiger partial charge < -0.3 is 10.6 Å². The van der Waals surface area contributed by atoms with E-state index in [0.717, 1.165) is 32.1 Å². The topological polar surface area (TPSA) is 46.3 Å². The molecule has 2 saturated carbocycles. The van der Waals surface area contributed by atoms with E-state index in [4.69, 9.17) is 5.73 Å². The molecule has 1 atom stereocenters. The molecule has 0 heterocycles. The lowest BCUT2D eigenvalue weighted by Gasteiger charge is -2.32. The van der Waals surface area contributed by atoms with Gasteiger partial charge in [0.1, 0.15) is 0 Å². The average Bonchev–Trinajstić information content (AvgIpc) is 3.36. The molecule has 0 saturated heterocycles. The van der Waals surface area contributed by atoms with Gasteiger partial charge in [0.2, 0.25) is 5.91 Å². The van der Waals surface area contributed by atoms with Crippen LogP contribution in [0.4, 0.5) is 0 Å². The summed E-state index contributed by atoms with van der Waals surface area (Å²) >= 11 is 0. The Hall–Kier alpha value is -1.35. The Morgan fingerprint density at radius 2 is 1.76 bits per heavy atom. The highest BCUT2D eigenvalue weighted by Crippen LogP contribution is 2.41. The molecule has 2 aliphatic carbocycles. The summed E-state index contributed by atoms with van der Waals surface area (Å²) in [5, 5.41) is 0. The minimum Gasteiger partial charge on any atom is -0.334 e. The second-order valence-electron chi connectivity index (χ2n) is 6.89. The third-order valence-electron chi connectivity index (χ3n) is 4.92. The molecule has 0 aliphatic heterocycles. The van der Waals surface area contributed by atoms with E-state index in [1.54, 1.807) is 0 Å². The molecular weight excluding hydrogens is 260 g/mol. The number of nitrogens with zero attached hydrogens (tertiary/aromatic N) is 1. The summed E-state index contributed by atoms with van der Waals surface area (Å²) in [6.45, 7) is 4.78. The third kappa shape index (κ3) is 3.13. The van der Waals surface area contributed by atoms with Crippen molar-refractivity contribution in [3.05, 3.63) is 35.4 Å². The second-order valence-corrected chi connectivity index (χ2v) is 6.89. The first-order valence-electron chi connectivity index (χ1n) is 8.20. The van der Waals surface area contributed by atoms with Gasteiger partial charge in [0.05, 0.1) is 5.54 Å². The van der Waals surface area contributed by atoms with E-state index in [1.165, 1.54) is 11.1 Å². The molecule has 0 spiro atoms. The molecule has 21 heavy (non-hydrogen) atoms. The van der Waals surface area contributed by atoms with E-state index in [1.807, 2.05) is 11.8 Å². The van der Waals surface area contributed by atoms with Crippen molar-refractivity contribution < 1.29 is 4.79 Å². The maximum Gasteiger partial charge on any atom is 0.243 e. The SMILES string of the molecule is CCc1ccc(CN(C(=O)C(C)(N)C2CC2)C2CC2)cc1. The molecule has 0 radical (unpaired) electrons. The number of nitrogens with two attached hydrogens (primary N) is 1. The first-order chi connectivity index (χ1) is 10.0. The molecule has 2 aliphatic rings. The van der Waals surface area contributed by atoms with Crippen LogP contribution in [0.2, 0.25) is 0 Å². The minimum atomic E-state index is -0.675. The molecule has 1 aromatic rings. The molecule has 0 aromatic heterocycles. The van der Waals surface area contributed by atoms with Gasteiger partial charge >= 0.3 is 0 Å². The van der Waals surface area contributed by atoms with Gasteiger partial charge in [-0.15, -0.1) is 0 Å². The molecule has 1 unspecified atom stereocenters. The third-order valence-corrected chi connectivity index (χ3v) is 4.92. The Bertz CT molecular complexity index is 513. The molecule has 1 amide bonds. The van der Waals surface area contributed by atoms with Gasteiger partial charge in [-0.3, -0.25) is 4.79 Å². The number of carbonyl (C=O) groups excluding carboxylic acids is 1. The van der Waals surface area contributed by atoms with Crippen LogP contribution >= 0.6 is 0 Å². The van der Waals surface area contributed by atoms with E-state index in [2.05, 4.69) is 31.2 Å². The molecule has 2 N–H and O–H groups in total. The summed E-state index contributed by atoms with van der Waals surface area (Å²) in [5.41, 5.74) is 8.21. The van der Waals surface area contributed by atoms with Gasteiger partial charge in [-0.25, -0.2) is 0 Å². The predicted molar refractivity (Wildman–Crippen MR) is 84.7 cm³/mol. The standard InChI is InChI=1S/C18H26N2O/c1-3-13-4-6-14(7-5-13)12-20(16-10-11-16)17(21)18(2,19)15-8-9-15/h4-7,15-16H,3,8-12,19H2,1-2H3. The van der Waals surface area contributed by atoms with Crippen molar-refractivity contribution in [2.24, 2.45) is 11.7 Å². The number of hydrogen-bond acceptors (Lipinski definition) is 2. The fraction of sp³-hybridized carbons (Fsp3) is 0.611. The van der Waals surface area contributed by atoms with Gasteiger partial charge in [-0.05, 0) is 56.1 Å². The van der Waals surface area contributed by atoms with E-state index >= 15 is 0 Å². The normalized spacial score (nSPS) is 20.9. The summed E-state index contributed by atoms with van der Waals surface area (Å²) in [7, 11) is 0. The lowest BCUT2D eigenvalue weighted by Crippen LogP contribution is -2.55. The Labute approximate surface area is 127 Å². The molecule has 3 nitrogen and oxygen atoms in total. The van der Waals surface area contributed by atoms with Crippen LogP contribution in [0.3, 0.4) is 0 Å². The molecule has 3 heteroatoms. The van der Waals surface area contributed by atoms with E-state index in [0.29, 0.717) is 18.5 Å². The highest BCUT2D eigenvalue weighted by molar-refractivity contribution is 5.87. The fourth-order valence-corrected chi connectivity index (χ4v) is 3.00. The van der Waals surface area contributed by atoms with Crippen LogP contribution in [0.1, 0.15) is 50.7 Å². The quantitative estimate of drug-likeness (QED) is 0.874. The molecule has 1 aromatic carbocycles. The molecule has 2 fully saturated rings. The number of rotatable bonds is 6.